The molecule has 0 saturated carbocycles. The van der Waals surface area contributed by atoms with Gasteiger partial charge in [-0.2, -0.15) is 0 Å². The lowest BCUT2D eigenvalue weighted by Crippen LogP contribution is -2.37. The summed E-state index contributed by atoms with van der Waals surface area (Å²) in [5.74, 6) is -0.988. The Morgan fingerprint density at radius 1 is 1.43 bits per heavy atom. The molecule has 114 valence electrons. The lowest BCUT2D eigenvalue weighted by Gasteiger charge is -2.32. The van der Waals surface area contributed by atoms with E-state index in [1.54, 1.807) is 24.1 Å². The molecule has 0 spiro atoms. The molecular formula is C16H21NO4. The van der Waals surface area contributed by atoms with Crippen LogP contribution in [0.25, 0.3) is 0 Å². The number of carboxylic acids is 1. The van der Waals surface area contributed by atoms with Gasteiger partial charge in [0.1, 0.15) is 5.75 Å². The third-order valence-corrected chi connectivity index (χ3v) is 4.20. The molecule has 1 aliphatic rings. The molecule has 1 heterocycles. The Morgan fingerprint density at radius 3 is 2.52 bits per heavy atom. The number of nitrogens with zero attached hydrogens (tertiary/aromatic N) is 1. The predicted octanol–water partition coefficient (Wildman–Crippen LogP) is 2.47. The number of carbonyl (C=O) groups excluding carboxylic acids is 1. The van der Waals surface area contributed by atoms with Crippen molar-refractivity contribution in [2.75, 3.05) is 7.11 Å². The maximum Gasteiger partial charge on any atom is 0.309 e. The van der Waals surface area contributed by atoms with Crippen LogP contribution in [0.1, 0.15) is 38.3 Å². The highest BCUT2D eigenvalue weighted by Gasteiger charge is 2.46. The fourth-order valence-electron chi connectivity index (χ4n) is 2.89. The smallest absolute Gasteiger partial charge is 0.309 e. The van der Waals surface area contributed by atoms with Crippen LogP contribution >= 0.6 is 0 Å². The quantitative estimate of drug-likeness (QED) is 0.905. The van der Waals surface area contributed by atoms with E-state index in [0.717, 1.165) is 12.0 Å². The van der Waals surface area contributed by atoms with Crippen LogP contribution in [-0.2, 0) is 9.59 Å². The Balaban J connectivity index is 2.40. The van der Waals surface area contributed by atoms with E-state index in [1.165, 1.54) is 0 Å². The molecule has 1 fully saturated rings. The molecule has 0 unspecified atom stereocenters. The molecule has 1 aromatic carbocycles. The normalized spacial score (nSPS) is 23.2. The van der Waals surface area contributed by atoms with Gasteiger partial charge in [0, 0.05) is 12.5 Å². The zero-order valence-corrected chi connectivity index (χ0v) is 12.6. The Morgan fingerprint density at radius 2 is 2.05 bits per heavy atom. The lowest BCUT2D eigenvalue weighted by molar-refractivity contribution is -0.142. The highest BCUT2D eigenvalue weighted by atomic mass is 16.5. The van der Waals surface area contributed by atoms with E-state index in [0.29, 0.717) is 5.75 Å². The van der Waals surface area contributed by atoms with Gasteiger partial charge in [0.25, 0.3) is 0 Å². The summed E-state index contributed by atoms with van der Waals surface area (Å²) in [5.41, 5.74) is 0.842. The maximum atomic E-state index is 12.2. The van der Waals surface area contributed by atoms with Crippen LogP contribution in [0.5, 0.6) is 5.75 Å². The number of ether oxygens (including phenoxy) is 1. The highest BCUT2D eigenvalue weighted by Crippen LogP contribution is 2.40. The van der Waals surface area contributed by atoms with E-state index in [4.69, 9.17) is 4.74 Å². The van der Waals surface area contributed by atoms with Crippen molar-refractivity contribution in [3.05, 3.63) is 29.8 Å². The van der Waals surface area contributed by atoms with Crippen molar-refractivity contribution in [3.8, 4) is 5.75 Å². The third kappa shape index (κ3) is 2.86. The van der Waals surface area contributed by atoms with Crippen LogP contribution < -0.4 is 4.74 Å². The average Bonchev–Trinajstić information content (AvgIpc) is 2.84. The molecule has 1 amide bonds. The fraction of sp³-hybridized carbons (Fsp3) is 0.500. The molecule has 2 rings (SSSR count). The van der Waals surface area contributed by atoms with Gasteiger partial charge in [-0.3, -0.25) is 9.59 Å². The summed E-state index contributed by atoms with van der Waals surface area (Å²) in [7, 11) is 1.58. The summed E-state index contributed by atoms with van der Waals surface area (Å²) in [6.07, 6.45) is 0.862. The largest absolute Gasteiger partial charge is 0.497 e. The first-order valence-electron chi connectivity index (χ1n) is 7.17. The topological polar surface area (TPSA) is 66.8 Å². The van der Waals surface area contributed by atoms with Crippen molar-refractivity contribution in [2.45, 2.75) is 38.8 Å². The molecule has 1 saturated heterocycles. The van der Waals surface area contributed by atoms with Gasteiger partial charge in [-0.1, -0.05) is 19.1 Å². The van der Waals surface area contributed by atoms with Gasteiger partial charge in [0.05, 0.1) is 19.1 Å². The van der Waals surface area contributed by atoms with Crippen LogP contribution in [0.3, 0.4) is 0 Å². The van der Waals surface area contributed by atoms with E-state index in [9.17, 15) is 14.7 Å². The minimum Gasteiger partial charge on any atom is -0.497 e. The Hall–Kier alpha value is -2.04. The summed E-state index contributed by atoms with van der Waals surface area (Å²) in [4.78, 5) is 25.5. The van der Waals surface area contributed by atoms with Crippen LogP contribution in [0, 0.1) is 5.92 Å². The average molecular weight is 291 g/mol. The zero-order valence-electron chi connectivity index (χ0n) is 12.6. The number of amides is 1. The molecule has 0 radical (unpaired) electrons. The van der Waals surface area contributed by atoms with Crippen molar-refractivity contribution in [1.29, 1.82) is 0 Å². The molecule has 0 aliphatic carbocycles. The van der Waals surface area contributed by atoms with Gasteiger partial charge in [-0.25, -0.2) is 0 Å². The van der Waals surface area contributed by atoms with Crippen molar-refractivity contribution < 1.29 is 19.4 Å². The van der Waals surface area contributed by atoms with Gasteiger partial charge in [0.15, 0.2) is 0 Å². The molecule has 21 heavy (non-hydrogen) atoms. The summed E-state index contributed by atoms with van der Waals surface area (Å²) in [5, 5.41) is 9.43. The van der Waals surface area contributed by atoms with Crippen LogP contribution in [0.15, 0.2) is 24.3 Å². The van der Waals surface area contributed by atoms with Crippen LogP contribution in [0.4, 0.5) is 0 Å². The van der Waals surface area contributed by atoms with Gasteiger partial charge >= 0.3 is 5.97 Å². The molecule has 5 nitrogen and oxygen atoms in total. The molecular weight excluding hydrogens is 270 g/mol. The van der Waals surface area contributed by atoms with Crippen LogP contribution in [-0.4, -0.2) is 35.0 Å². The lowest BCUT2D eigenvalue weighted by atomic mass is 9.93. The SMILES string of the molecule is CC[C@H](C)N1C(=O)C[C@H](C(=O)O)[C@H]1c1ccc(OC)cc1. The second-order valence-electron chi connectivity index (χ2n) is 5.43. The van der Waals surface area contributed by atoms with E-state index >= 15 is 0 Å². The predicted molar refractivity (Wildman–Crippen MR) is 78.1 cm³/mol. The van der Waals surface area contributed by atoms with Crippen molar-refractivity contribution in [2.24, 2.45) is 5.92 Å². The number of likely N-dealkylation sites (tertiary alicyclic amines) is 1. The van der Waals surface area contributed by atoms with E-state index in [-0.39, 0.29) is 18.4 Å². The number of hydrogen-bond donors (Lipinski definition) is 1. The molecule has 1 N–H and O–H groups in total. The zero-order chi connectivity index (χ0) is 15.6. The molecule has 0 aromatic heterocycles. The monoisotopic (exact) mass is 291 g/mol. The molecule has 1 aliphatic heterocycles. The summed E-state index contributed by atoms with van der Waals surface area (Å²) < 4.78 is 5.13. The number of rotatable bonds is 5. The van der Waals surface area contributed by atoms with Crippen molar-refractivity contribution in [1.82, 2.24) is 4.90 Å². The maximum absolute atomic E-state index is 12.2. The fourth-order valence-corrected chi connectivity index (χ4v) is 2.89. The van der Waals surface area contributed by atoms with Crippen molar-refractivity contribution in [3.63, 3.8) is 0 Å². The number of hydrogen-bond acceptors (Lipinski definition) is 3. The van der Waals surface area contributed by atoms with E-state index in [1.807, 2.05) is 26.0 Å². The first-order chi connectivity index (χ1) is 9.99. The second kappa shape index (κ2) is 6.16. The van der Waals surface area contributed by atoms with Gasteiger partial charge < -0.3 is 14.7 Å². The van der Waals surface area contributed by atoms with Gasteiger partial charge in [-0.05, 0) is 31.0 Å². The number of aliphatic carboxylic acids is 1. The second-order valence-corrected chi connectivity index (χ2v) is 5.43. The Kier molecular flexibility index (Phi) is 4.50. The number of carboxylic acid groups (broad SMARTS) is 1. The number of benzene rings is 1. The molecule has 1 aromatic rings. The highest BCUT2D eigenvalue weighted by molar-refractivity contribution is 5.87. The summed E-state index contributed by atoms with van der Waals surface area (Å²) in [6.45, 7) is 3.95. The van der Waals surface area contributed by atoms with Gasteiger partial charge in [0.2, 0.25) is 5.91 Å². The number of carbonyl (C=O) groups is 2. The Labute approximate surface area is 124 Å². The van der Waals surface area contributed by atoms with Gasteiger partial charge in [-0.15, -0.1) is 0 Å². The van der Waals surface area contributed by atoms with Crippen molar-refractivity contribution >= 4 is 11.9 Å². The Bertz CT molecular complexity index is 526. The minimum absolute atomic E-state index is 0.0222. The standard InChI is InChI=1S/C16H21NO4/c1-4-10(2)17-14(18)9-13(16(19)20)15(17)11-5-7-12(21-3)8-6-11/h5-8,10,13,15H,4,9H2,1-3H3,(H,19,20)/t10-,13-,15+/m0/s1. The first kappa shape index (κ1) is 15.4. The summed E-state index contributed by atoms with van der Waals surface area (Å²) in [6, 6.07) is 6.89. The third-order valence-electron chi connectivity index (χ3n) is 4.20. The molecule has 5 heteroatoms. The number of methoxy groups -OCH3 is 1. The van der Waals surface area contributed by atoms with E-state index < -0.39 is 17.9 Å². The first-order valence-corrected chi connectivity index (χ1v) is 7.17. The minimum atomic E-state index is -0.921. The van der Waals surface area contributed by atoms with Crippen LogP contribution in [0.2, 0.25) is 0 Å². The molecule has 0 bridgehead atoms. The molecule has 3 atom stereocenters. The van der Waals surface area contributed by atoms with E-state index in [2.05, 4.69) is 0 Å². The summed E-state index contributed by atoms with van der Waals surface area (Å²) >= 11 is 0.